The maximum Gasteiger partial charge on any atom is 0.331 e. The van der Waals surface area contributed by atoms with Gasteiger partial charge >= 0.3 is 5.97 Å². The van der Waals surface area contributed by atoms with Gasteiger partial charge in [0.1, 0.15) is 3.95 Å². The van der Waals surface area contributed by atoms with Gasteiger partial charge in [0.25, 0.3) is 0 Å². The number of hydrogen-bond acceptors (Lipinski definition) is 4. The average Bonchev–Trinajstić information content (AvgIpc) is 2.36. The molecule has 0 N–H and O–H groups in total. The van der Waals surface area contributed by atoms with Crippen molar-refractivity contribution < 1.29 is 9.53 Å². The summed E-state index contributed by atoms with van der Waals surface area (Å²) in [5, 5.41) is 0. The Morgan fingerprint density at radius 2 is 2.73 bits per heavy atom. The SMILES string of the molecule is CCOC(=O)C1CSC(Br)=N1. The van der Waals surface area contributed by atoms with Crippen LogP contribution in [0.25, 0.3) is 0 Å². The van der Waals surface area contributed by atoms with E-state index in [1.54, 1.807) is 6.92 Å². The van der Waals surface area contributed by atoms with Crippen molar-refractivity contribution in [3.63, 3.8) is 0 Å². The van der Waals surface area contributed by atoms with Crippen molar-refractivity contribution in [2.75, 3.05) is 12.4 Å². The lowest BCUT2D eigenvalue weighted by Crippen LogP contribution is -2.21. The highest BCUT2D eigenvalue weighted by molar-refractivity contribution is 9.22. The van der Waals surface area contributed by atoms with Crippen LogP contribution < -0.4 is 0 Å². The first-order chi connectivity index (χ1) is 5.24. The van der Waals surface area contributed by atoms with Crippen LogP contribution >= 0.6 is 27.7 Å². The van der Waals surface area contributed by atoms with Crippen molar-refractivity contribution in [2.24, 2.45) is 4.99 Å². The summed E-state index contributed by atoms with van der Waals surface area (Å²) < 4.78 is 5.58. The number of hydrogen-bond donors (Lipinski definition) is 0. The Morgan fingerprint density at radius 1 is 2.00 bits per heavy atom. The molecule has 0 aromatic heterocycles. The highest BCUT2D eigenvalue weighted by atomic mass is 79.9. The monoisotopic (exact) mass is 237 g/mol. The minimum absolute atomic E-state index is 0.227. The van der Waals surface area contributed by atoms with Crippen LogP contribution in [0.2, 0.25) is 0 Å². The molecule has 0 bridgehead atoms. The molecule has 1 atom stereocenters. The van der Waals surface area contributed by atoms with Gasteiger partial charge in [-0.2, -0.15) is 0 Å². The van der Waals surface area contributed by atoms with E-state index >= 15 is 0 Å². The number of aliphatic imine (C=N–C) groups is 1. The summed E-state index contributed by atoms with van der Waals surface area (Å²) in [6, 6.07) is -0.297. The lowest BCUT2D eigenvalue weighted by atomic mass is 10.4. The topological polar surface area (TPSA) is 38.7 Å². The van der Waals surface area contributed by atoms with E-state index in [4.69, 9.17) is 4.74 Å². The second-order valence-electron chi connectivity index (χ2n) is 1.96. The van der Waals surface area contributed by atoms with Crippen molar-refractivity contribution in [1.29, 1.82) is 0 Å². The smallest absolute Gasteiger partial charge is 0.331 e. The van der Waals surface area contributed by atoms with Crippen molar-refractivity contribution in [3.05, 3.63) is 0 Å². The number of ether oxygens (including phenoxy) is 1. The van der Waals surface area contributed by atoms with Gasteiger partial charge in [0.2, 0.25) is 0 Å². The number of halogens is 1. The third-order valence-electron chi connectivity index (χ3n) is 1.18. The lowest BCUT2D eigenvalue weighted by molar-refractivity contribution is -0.143. The summed E-state index contributed by atoms with van der Waals surface area (Å²) in [4.78, 5) is 15.1. The molecular formula is C6H8BrNO2S. The number of thioether (sulfide) groups is 1. The Kier molecular flexibility index (Phi) is 3.39. The van der Waals surface area contributed by atoms with Gasteiger partial charge in [-0.15, -0.1) is 0 Å². The van der Waals surface area contributed by atoms with Crippen molar-refractivity contribution >= 4 is 37.6 Å². The Labute approximate surface area is 77.7 Å². The second-order valence-corrected chi connectivity index (χ2v) is 4.25. The predicted molar refractivity (Wildman–Crippen MR) is 49.2 cm³/mol. The van der Waals surface area contributed by atoms with Crippen LogP contribution in [0, 0.1) is 0 Å². The fraction of sp³-hybridized carbons (Fsp3) is 0.667. The molecule has 0 fully saturated rings. The van der Waals surface area contributed by atoms with Crippen LogP contribution in [-0.2, 0) is 9.53 Å². The highest BCUT2D eigenvalue weighted by Crippen LogP contribution is 2.22. The van der Waals surface area contributed by atoms with Gasteiger partial charge in [0.15, 0.2) is 6.04 Å². The van der Waals surface area contributed by atoms with Gasteiger partial charge in [0.05, 0.1) is 6.61 Å². The normalized spacial score (nSPS) is 23.1. The molecule has 62 valence electrons. The summed E-state index contributed by atoms with van der Waals surface area (Å²) in [6.07, 6.45) is 0. The van der Waals surface area contributed by atoms with E-state index in [9.17, 15) is 4.79 Å². The van der Waals surface area contributed by atoms with E-state index in [1.165, 1.54) is 11.8 Å². The van der Waals surface area contributed by atoms with E-state index in [0.717, 1.165) is 3.95 Å². The zero-order valence-electron chi connectivity index (χ0n) is 6.04. The molecule has 3 nitrogen and oxygen atoms in total. The zero-order chi connectivity index (χ0) is 8.27. The van der Waals surface area contributed by atoms with Crippen LogP contribution in [-0.4, -0.2) is 28.3 Å². The molecule has 1 unspecified atom stereocenters. The zero-order valence-corrected chi connectivity index (χ0v) is 8.44. The van der Waals surface area contributed by atoms with Crippen LogP contribution in [0.4, 0.5) is 0 Å². The Balaban J connectivity index is 2.43. The summed E-state index contributed by atoms with van der Waals surface area (Å²) in [7, 11) is 0. The van der Waals surface area contributed by atoms with Gasteiger partial charge in [-0.25, -0.2) is 4.79 Å². The lowest BCUT2D eigenvalue weighted by Gasteiger charge is -2.03. The Hall–Kier alpha value is -0.0300. The molecule has 1 aliphatic rings. The summed E-state index contributed by atoms with van der Waals surface area (Å²) in [5.41, 5.74) is 0. The van der Waals surface area contributed by atoms with E-state index in [1.807, 2.05) is 0 Å². The third kappa shape index (κ3) is 2.48. The molecule has 11 heavy (non-hydrogen) atoms. The minimum atomic E-state index is -0.297. The molecule has 0 amide bonds. The highest BCUT2D eigenvalue weighted by Gasteiger charge is 2.24. The molecule has 1 rings (SSSR count). The van der Waals surface area contributed by atoms with Crippen molar-refractivity contribution in [2.45, 2.75) is 13.0 Å². The number of carbonyl (C=O) groups is 1. The van der Waals surface area contributed by atoms with Crippen LogP contribution in [0.1, 0.15) is 6.92 Å². The molecule has 5 heteroatoms. The molecule has 0 aromatic carbocycles. The number of esters is 1. The quantitative estimate of drug-likeness (QED) is 0.683. The summed E-state index contributed by atoms with van der Waals surface area (Å²) in [5.74, 6) is 0.467. The van der Waals surface area contributed by atoms with Crippen molar-refractivity contribution in [1.82, 2.24) is 0 Å². The van der Waals surface area contributed by atoms with Gasteiger partial charge < -0.3 is 4.74 Å². The first-order valence-electron chi connectivity index (χ1n) is 3.26. The van der Waals surface area contributed by atoms with E-state index < -0.39 is 0 Å². The van der Waals surface area contributed by atoms with Crippen LogP contribution in [0.15, 0.2) is 4.99 Å². The minimum Gasteiger partial charge on any atom is -0.464 e. The van der Waals surface area contributed by atoms with Crippen LogP contribution in [0.3, 0.4) is 0 Å². The fourth-order valence-electron chi connectivity index (χ4n) is 0.704. The van der Waals surface area contributed by atoms with Crippen molar-refractivity contribution in [3.8, 4) is 0 Å². The maximum atomic E-state index is 11.0. The molecule has 1 aliphatic heterocycles. The summed E-state index contributed by atoms with van der Waals surface area (Å²) >= 11 is 4.73. The molecule has 0 radical (unpaired) electrons. The van der Waals surface area contributed by atoms with Gasteiger partial charge in [0, 0.05) is 5.75 Å². The molecular weight excluding hydrogens is 230 g/mol. The Morgan fingerprint density at radius 3 is 3.18 bits per heavy atom. The molecule has 0 spiro atoms. The van der Waals surface area contributed by atoms with Gasteiger partial charge in [-0.1, -0.05) is 11.8 Å². The molecule has 0 aromatic rings. The number of rotatable bonds is 2. The Bertz CT molecular complexity index is 195. The summed E-state index contributed by atoms with van der Waals surface area (Å²) in [6.45, 7) is 2.21. The number of nitrogens with zero attached hydrogens (tertiary/aromatic N) is 1. The van der Waals surface area contributed by atoms with Gasteiger partial charge in [-0.05, 0) is 22.9 Å². The molecule has 1 heterocycles. The van der Waals surface area contributed by atoms with Gasteiger partial charge in [-0.3, -0.25) is 4.99 Å². The first kappa shape index (κ1) is 9.06. The standard InChI is InChI=1S/C6H8BrNO2S/c1-2-10-5(9)4-3-11-6(7)8-4/h4H,2-3H2,1H3. The van der Waals surface area contributed by atoms with E-state index in [-0.39, 0.29) is 12.0 Å². The second kappa shape index (κ2) is 4.11. The van der Waals surface area contributed by atoms with Crippen LogP contribution in [0.5, 0.6) is 0 Å². The van der Waals surface area contributed by atoms with E-state index in [2.05, 4.69) is 20.9 Å². The molecule has 0 saturated carbocycles. The third-order valence-corrected chi connectivity index (χ3v) is 2.89. The largest absolute Gasteiger partial charge is 0.464 e. The molecule has 0 aliphatic carbocycles. The van der Waals surface area contributed by atoms with E-state index in [0.29, 0.717) is 12.4 Å². The fourth-order valence-corrected chi connectivity index (χ4v) is 2.06. The predicted octanol–water partition coefficient (Wildman–Crippen LogP) is 1.42. The maximum absolute atomic E-state index is 11.0. The average molecular weight is 238 g/mol. The number of carbonyl (C=O) groups excluding carboxylic acids is 1. The first-order valence-corrected chi connectivity index (χ1v) is 5.04. The molecule has 0 saturated heterocycles.